The van der Waals surface area contributed by atoms with E-state index in [1.807, 2.05) is 6.20 Å². The van der Waals surface area contributed by atoms with Crippen LogP contribution in [0.25, 0.3) is 0 Å². The van der Waals surface area contributed by atoms with Gasteiger partial charge < -0.3 is 15.4 Å². The minimum absolute atomic E-state index is 0.384. The lowest BCUT2D eigenvalue weighted by molar-refractivity contribution is 0.0302. The van der Waals surface area contributed by atoms with E-state index in [-0.39, 0.29) is 0 Å². The number of hydrogen-bond acceptors (Lipinski definition) is 5. The Morgan fingerprint density at radius 1 is 1.25 bits per heavy atom. The summed E-state index contributed by atoms with van der Waals surface area (Å²) in [7, 11) is 0. The van der Waals surface area contributed by atoms with Crippen molar-refractivity contribution in [1.82, 2.24) is 9.97 Å². The second-order valence-corrected chi connectivity index (χ2v) is 4.43. The molecule has 2 atom stereocenters. The van der Waals surface area contributed by atoms with Gasteiger partial charge in [-0.2, -0.15) is 0 Å². The summed E-state index contributed by atoms with van der Waals surface area (Å²) in [6, 6.07) is 0. The predicted octanol–water partition coefficient (Wildman–Crippen LogP) is 0.303. The molecule has 0 radical (unpaired) electrons. The molecule has 5 nitrogen and oxygen atoms in total. The van der Waals surface area contributed by atoms with Crippen molar-refractivity contribution in [2.45, 2.75) is 31.6 Å². The highest BCUT2D eigenvalue weighted by molar-refractivity contribution is 5.37. The lowest BCUT2D eigenvalue weighted by Crippen LogP contribution is -2.43. The summed E-state index contributed by atoms with van der Waals surface area (Å²) in [6.07, 6.45) is 6.69. The van der Waals surface area contributed by atoms with Crippen LogP contribution in [0.1, 0.15) is 18.5 Å². The molecule has 0 amide bonds. The van der Waals surface area contributed by atoms with Gasteiger partial charge in [0.1, 0.15) is 5.82 Å². The quantitative estimate of drug-likeness (QED) is 0.776. The molecule has 3 rings (SSSR count). The molecule has 2 unspecified atom stereocenters. The fraction of sp³-hybridized carbons (Fsp3) is 0.636. The first kappa shape index (κ1) is 9.99. The smallest absolute Gasteiger partial charge is 0.147 e. The summed E-state index contributed by atoms with van der Waals surface area (Å²) in [5.74, 6) is 0.942. The molecular formula is C11H16N4O. The zero-order chi connectivity index (χ0) is 11.0. The second-order valence-electron chi connectivity index (χ2n) is 4.43. The zero-order valence-corrected chi connectivity index (χ0v) is 9.17. The number of anilines is 1. The zero-order valence-electron chi connectivity index (χ0n) is 9.17. The van der Waals surface area contributed by atoms with E-state index in [1.54, 1.807) is 6.20 Å². The highest BCUT2D eigenvalue weighted by atomic mass is 16.5. The average Bonchev–Trinajstić information content (AvgIpc) is 2.68. The number of nitrogens with two attached hydrogens (primary N) is 1. The van der Waals surface area contributed by atoms with Crippen LogP contribution in [0.4, 0.5) is 5.82 Å². The maximum absolute atomic E-state index is 5.78. The third-order valence-corrected chi connectivity index (χ3v) is 3.27. The molecule has 16 heavy (non-hydrogen) atoms. The largest absolute Gasteiger partial charge is 0.371 e. The van der Waals surface area contributed by atoms with Crippen molar-refractivity contribution < 1.29 is 4.74 Å². The molecular weight excluding hydrogens is 204 g/mol. The van der Waals surface area contributed by atoms with Crippen molar-refractivity contribution in [2.75, 3.05) is 18.0 Å². The summed E-state index contributed by atoms with van der Waals surface area (Å²) >= 11 is 0. The van der Waals surface area contributed by atoms with Gasteiger partial charge in [-0.1, -0.05) is 0 Å². The molecule has 0 aromatic carbocycles. The van der Waals surface area contributed by atoms with Crippen molar-refractivity contribution in [2.24, 2.45) is 5.73 Å². The van der Waals surface area contributed by atoms with Crippen molar-refractivity contribution in [1.29, 1.82) is 0 Å². The van der Waals surface area contributed by atoms with Crippen LogP contribution < -0.4 is 10.6 Å². The van der Waals surface area contributed by atoms with Crippen LogP contribution in [0.2, 0.25) is 0 Å². The van der Waals surface area contributed by atoms with Crippen molar-refractivity contribution in [3.63, 3.8) is 0 Å². The van der Waals surface area contributed by atoms with Gasteiger partial charge in [0.15, 0.2) is 0 Å². The Bertz CT molecular complexity index is 355. The third kappa shape index (κ3) is 1.76. The van der Waals surface area contributed by atoms with Gasteiger partial charge >= 0.3 is 0 Å². The highest BCUT2D eigenvalue weighted by Gasteiger charge is 2.34. The molecule has 0 saturated carbocycles. The van der Waals surface area contributed by atoms with E-state index in [2.05, 4.69) is 14.9 Å². The molecule has 2 aliphatic rings. The van der Waals surface area contributed by atoms with Crippen molar-refractivity contribution in [3.8, 4) is 0 Å². The second kappa shape index (κ2) is 3.99. The van der Waals surface area contributed by atoms with Crippen LogP contribution in [0.3, 0.4) is 0 Å². The number of fused-ring (bicyclic) bond motifs is 2. The van der Waals surface area contributed by atoms with Gasteiger partial charge in [-0.15, -0.1) is 0 Å². The first-order valence-electron chi connectivity index (χ1n) is 5.76. The van der Waals surface area contributed by atoms with Crippen LogP contribution in [0.15, 0.2) is 12.4 Å². The van der Waals surface area contributed by atoms with Crippen molar-refractivity contribution >= 4 is 5.82 Å². The van der Waals surface area contributed by atoms with Crippen LogP contribution in [0.5, 0.6) is 0 Å². The molecule has 1 aromatic rings. The van der Waals surface area contributed by atoms with Gasteiger partial charge in [-0.25, -0.2) is 4.98 Å². The Labute approximate surface area is 94.6 Å². The van der Waals surface area contributed by atoms with Gasteiger partial charge in [0.2, 0.25) is 0 Å². The highest BCUT2D eigenvalue weighted by Crippen LogP contribution is 2.28. The topological polar surface area (TPSA) is 64.3 Å². The summed E-state index contributed by atoms with van der Waals surface area (Å²) in [5, 5.41) is 0. The monoisotopic (exact) mass is 220 g/mol. The number of rotatable bonds is 2. The van der Waals surface area contributed by atoms with E-state index in [0.29, 0.717) is 18.8 Å². The molecule has 86 valence electrons. The molecule has 2 fully saturated rings. The minimum Gasteiger partial charge on any atom is -0.371 e. The number of ether oxygens (including phenoxy) is 1. The molecule has 1 aromatic heterocycles. The average molecular weight is 220 g/mol. The maximum atomic E-state index is 5.78. The Kier molecular flexibility index (Phi) is 2.49. The lowest BCUT2D eigenvalue weighted by atomic mass is 10.2. The van der Waals surface area contributed by atoms with E-state index < -0.39 is 0 Å². The van der Waals surface area contributed by atoms with E-state index in [4.69, 9.17) is 10.5 Å². The molecule has 3 heterocycles. The summed E-state index contributed by atoms with van der Waals surface area (Å²) in [5.41, 5.74) is 6.33. The van der Waals surface area contributed by atoms with E-state index in [1.165, 1.54) is 12.8 Å². The van der Waals surface area contributed by atoms with Crippen LogP contribution in [-0.2, 0) is 11.3 Å². The van der Waals surface area contributed by atoms with Gasteiger partial charge in [-0.05, 0) is 12.8 Å². The fourth-order valence-electron chi connectivity index (χ4n) is 2.42. The molecule has 2 bridgehead atoms. The molecule has 5 heteroatoms. The fourth-order valence-corrected chi connectivity index (χ4v) is 2.42. The number of nitrogens with zero attached hydrogens (tertiary/aromatic N) is 3. The number of aromatic nitrogens is 2. The Balaban J connectivity index is 1.76. The van der Waals surface area contributed by atoms with Crippen LogP contribution in [-0.4, -0.2) is 35.3 Å². The van der Waals surface area contributed by atoms with E-state index >= 15 is 0 Å². The molecule has 0 spiro atoms. The lowest BCUT2D eigenvalue weighted by Gasteiger charge is -2.32. The maximum Gasteiger partial charge on any atom is 0.147 e. The van der Waals surface area contributed by atoms with Gasteiger partial charge in [0.05, 0.1) is 30.3 Å². The van der Waals surface area contributed by atoms with Gasteiger partial charge in [0.25, 0.3) is 0 Å². The Hall–Kier alpha value is -1.20. The summed E-state index contributed by atoms with van der Waals surface area (Å²) in [4.78, 5) is 10.9. The molecule has 2 N–H and O–H groups in total. The van der Waals surface area contributed by atoms with Crippen molar-refractivity contribution in [3.05, 3.63) is 18.1 Å². The number of hydrogen-bond donors (Lipinski definition) is 1. The first-order valence-corrected chi connectivity index (χ1v) is 5.76. The first-order chi connectivity index (χ1) is 7.85. The van der Waals surface area contributed by atoms with E-state index in [0.717, 1.165) is 24.6 Å². The molecule has 2 aliphatic heterocycles. The van der Waals surface area contributed by atoms with Gasteiger partial charge in [-0.3, -0.25) is 4.98 Å². The van der Waals surface area contributed by atoms with Crippen LogP contribution >= 0.6 is 0 Å². The SMILES string of the molecule is NCc1cnc(N2CC3CCC(C2)O3)cn1. The predicted molar refractivity (Wildman–Crippen MR) is 60.0 cm³/mol. The molecule has 2 saturated heterocycles. The summed E-state index contributed by atoms with van der Waals surface area (Å²) in [6.45, 7) is 2.32. The van der Waals surface area contributed by atoms with Gasteiger partial charge in [0, 0.05) is 19.6 Å². The standard InChI is InChI=1S/C11H16N4O/c12-3-8-4-14-11(5-13-8)15-6-9-1-2-10(7-15)16-9/h4-5,9-10H,1-3,6-7,12H2. The third-order valence-electron chi connectivity index (χ3n) is 3.27. The molecule has 0 aliphatic carbocycles. The number of morpholine rings is 1. The Morgan fingerprint density at radius 2 is 2.00 bits per heavy atom. The summed E-state index contributed by atoms with van der Waals surface area (Å²) < 4.78 is 5.78. The van der Waals surface area contributed by atoms with E-state index in [9.17, 15) is 0 Å². The normalized spacial score (nSPS) is 28.4. The minimum atomic E-state index is 0.384. The Morgan fingerprint density at radius 3 is 2.56 bits per heavy atom. The van der Waals surface area contributed by atoms with Crippen LogP contribution in [0, 0.1) is 0 Å².